The van der Waals surface area contributed by atoms with Crippen LogP contribution in [0.2, 0.25) is 5.02 Å². The molecule has 11 heteroatoms. The second-order valence-electron chi connectivity index (χ2n) is 7.54. The second-order valence-corrected chi connectivity index (χ2v) is 8.73. The summed E-state index contributed by atoms with van der Waals surface area (Å²) in [6.07, 6.45) is 2.62. The van der Waals surface area contributed by atoms with E-state index in [0.717, 1.165) is 6.07 Å². The number of carbonyl (C=O) groups excluding carboxylic acids is 1. The quantitative estimate of drug-likeness (QED) is 0.467. The van der Waals surface area contributed by atoms with Crippen molar-refractivity contribution in [2.24, 2.45) is 0 Å². The van der Waals surface area contributed by atoms with E-state index < -0.39 is 11.9 Å². The molecule has 0 saturated heterocycles. The van der Waals surface area contributed by atoms with Gasteiger partial charge in [-0.3, -0.25) is 4.79 Å². The van der Waals surface area contributed by atoms with E-state index in [1.54, 1.807) is 6.07 Å². The van der Waals surface area contributed by atoms with Crippen molar-refractivity contribution in [2.45, 2.75) is 43.9 Å². The largest absolute Gasteiger partial charge is 0.438 e. The molecule has 6 nitrogen and oxygen atoms in total. The first kappa shape index (κ1) is 22.7. The fourth-order valence-electron chi connectivity index (χ4n) is 3.99. The summed E-state index contributed by atoms with van der Waals surface area (Å²) in [5.74, 6) is -0.171. The number of fused-ring (bicyclic) bond motifs is 1. The van der Waals surface area contributed by atoms with Gasteiger partial charge in [-0.2, -0.15) is 13.2 Å². The van der Waals surface area contributed by atoms with Crippen LogP contribution in [-0.2, 0) is 6.18 Å². The van der Waals surface area contributed by atoms with Crippen LogP contribution in [0.1, 0.15) is 41.9 Å². The highest BCUT2D eigenvalue weighted by Gasteiger charge is 2.35. The number of nitrogens with zero attached hydrogens (tertiary/aromatic N) is 3. The van der Waals surface area contributed by atoms with Crippen molar-refractivity contribution in [2.75, 3.05) is 10.6 Å². The predicted molar refractivity (Wildman–Crippen MR) is 118 cm³/mol. The van der Waals surface area contributed by atoms with E-state index in [0.29, 0.717) is 41.8 Å². The molecular formula is C21H20ClF3N4O2S. The summed E-state index contributed by atoms with van der Waals surface area (Å²) in [6.45, 7) is 0. The maximum atomic E-state index is 13.5. The van der Waals surface area contributed by atoms with E-state index in [1.165, 1.54) is 36.7 Å². The highest BCUT2D eigenvalue weighted by molar-refractivity contribution is 8.00. The summed E-state index contributed by atoms with van der Waals surface area (Å²) < 4.78 is 47.4. The Morgan fingerprint density at radius 1 is 1.25 bits per heavy atom. The minimum absolute atomic E-state index is 0.00547. The monoisotopic (exact) mass is 484 g/mol. The third-order valence-electron chi connectivity index (χ3n) is 5.49. The van der Waals surface area contributed by atoms with Crippen molar-refractivity contribution in [3.63, 3.8) is 0 Å². The number of alkyl halides is 3. The van der Waals surface area contributed by atoms with Crippen LogP contribution in [0.4, 0.5) is 18.9 Å². The van der Waals surface area contributed by atoms with Crippen molar-refractivity contribution in [1.82, 2.24) is 15.3 Å². The lowest BCUT2D eigenvalue weighted by Gasteiger charge is -2.37. The zero-order valence-corrected chi connectivity index (χ0v) is 18.6. The molecular weight excluding hydrogens is 465 g/mol. The Bertz CT molecular complexity index is 1100. The SMILES string of the molecule is CSN(c1cc(C(F)(F)F)nc2ccc(Cl)cc12)C1CCC(NC(=O)c2cnco2)CC1. The minimum atomic E-state index is -4.56. The van der Waals surface area contributed by atoms with Crippen LogP contribution >= 0.6 is 23.5 Å². The molecule has 0 atom stereocenters. The highest BCUT2D eigenvalue weighted by atomic mass is 35.5. The van der Waals surface area contributed by atoms with Gasteiger partial charge in [0.25, 0.3) is 5.91 Å². The molecule has 1 aliphatic carbocycles. The average Bonchev–Trinajstić information content (AvgIpc) is 3.30. The number of halogens is 4. The van der Waals surface area contributed by atoms with Crippen molar-refractivity contribution in [3.05, 3.63) is 53.3 Å². The molecule has 1 saturated carbocycles. The molecule has 1 N–H and O–H groups in total. The molecule has 0 unspecified atom stereocenters. The molecule has 3 aromatic rings. The lowest BCUT2D eigenvalue weighted by Crippen LogP contribution is -2.42. The molecule has 0 spiro atoms. The van der Waals surface area contributed by atoms with Gasteiger partial charge in [-0.05, 0) is 49.9 Å². The molecule has 32 heavy (non-hydrogen) atoms. The van der Waals surface area contributed by atoms with Crippen LogP contribution in [0.15, 0.2) is 41.3 Å². The average molecular weight is 485 g/mol. The molecule has 1 aliphatic rings. The molecule has 0 aliphatic heterocycles. The van der Waals surface area contributed by atoms with Gasteiger partial charge in [-0.15, -0.1) is 0 Å². The molecule has 1 aromatic carbocycles. The number of oxazole rings is 1. The van der Waals surface area contributed by atoms with E-state index in [2.05, 4.69) is 15.3 Å². The van der Waals surface area contributed by atoms with Gasteiger partial charge in [0.15, 0.2) is 6.39 Å². The zero-order chi connectivity index (χ0) is 22.9. The summed E-state index contributed by atoms with van der Waals surface area (Å²) in [4.78, 5) is 19.7. The first-order valence-electron chi connectivity index (χ1n) is 9.96. The number of amides is 1. The highest BCUT2D eigenvalue weighted by Crippen LogP contribution is 2.40. The van der Waals surface area contributed by atoms with E-state index in [1.807, 2.05) is 10.6 Å². The van der Waals surface area contributed by atoms with Crippen LogP contribution in [0.25, 0.3) is 10.9 Å². The van der Waals surface area contributed by atoms with Gasteiger partial charge in [-0.25, -0.2) is 9.97 Å². The fourth-order valence-corrected chi connectivity index (χ4v) is 5.02. The Kier molecular flexibility index (Phi) is 6.52. The zero-order valence-electron chi connectivity index (χ0n) is 17.0. The molecule has 0 bridgehead atoms. The number of carbonyl (C=O) groups is 1. The number of benzene rings is 1. The summed E-state index contributed by atoms with van der Waals surface area (Å²) in [6, 6.07) is 5.73. The van der Waals surface area contributed by atoms with E-state index in [4.69, 9.17) is 16.0 Å². The number of hydrogen-bond donors (Lipinski definition) is 1. The van der Waals surface area contributed by atoms with Crippen molar-refractivity contribution < 1.29 is 22.4 Å². The van der Waals surface area contributed by atoms with Crippen molar-refractivity contribution >= 4 is 46.0 Å². The number of hydrogen-bond acceptors (Lipinski definition) is 6. The Balaban J connectivity index is 1.56. The smallest absolute Gasteiger partial charge is 0.433 e. The van der Waals surface area contributed by atoms with Gasteiger partial charge in [0.2, 0.25) is 5.76 Å². The summed E-state index contributed by atoms with van der Waals surface area (Å²) in [5, 5.41) is 3.93. The number of aromatic nitrogens is 2. The maximum absolute atomic E-state index is 13.5. The Morgan fingerprint density at radius 3 is 2.62 bits per heavy atom. The fraction of sp³-hybridized carbons (Fsp3) is 0.381. The number of anilines is 1. The molecule has 1 fully saturated rings. The van der Waals surface area contributed by atoms with E-state index in [9.17, 15) is 18.0 Å². The summed E-state index contributed by atoms with van der Waals surface area (Å²) in [5.41, 5.74) is -0.257. The van der Waals surface area contributed by atoms with Gasteiger partial charge in [0.05, 0.1) is 17.4 Å². The third kappa shape index (κ3) is 4.80. The van der Waals surface area contributed by atoms with Gasteiger partial charge < -0.3 is 14.0 Å². The van der Waals surface area contributed by atoms with E-state index in [-0.39, 0.29) is 29.3 Å². The van der Waals surface area contributed by atoms with Gasteiger partial charge >= 0.3 is 6.18 Å². The first-order valence-corrected chi connectivity index (χ1v) is 11.5. The topological polar surface area (TPSA) is 71.3 Å². The van der Waals surface area contributed by atoms with E-state index >= 15 is 0 Å². The molecule has 4 rings (SSSR count). The minimum Gasteiger partial charge on any atom is -0.438 e. The third-order valence-corrected chi connectivity index (χ3v) is 6.62. The Labute approximate surface area is 191 Å². The van der Waals surface area contributed by atoms with Crippen LogP contribution in [0.5, 0.6) is 0 Å². The molecule has 170 valence electrons. The van der Waals surface area contributed by atoms with Gasteiger partial charge in [0, 0.05) is 28.7 Å². The standard InChI is InChI=1S/C21H20ClF3N4O2S/c1-32-29(14-5-3-13(4-6-14)27-20(30)18-10-26-11-31-18)17-9-19(21(23,24)25)28-16-7-2-12(22)8-15(16)17/h2,7-11,13-14H,3-6H2,1H3,(H,27,30). The van der Waals surface area contributed by atoms with Crippen molar-refractivity contribution in [3.8, 4) is 0 Å². The summed E-state index contributed by atoms with van der Waals surface area (Å²) >= 11 is 7.50. The van der Waals surface area contributed by atoms with Crippen LogP contribution in [0, 0.1) is 0 Å². The van der Waals surface area contributed by atoms with Gasteiger partial charge in [0.1, 0.15) is 5.69 Å². The van der Waals surface area contributed by atoms with Crippen LogP contribution in [0.3, 0.4) is 0 Å². The first-order chi connectivity index (χ1) is 15.3. The summed E-state index contributed by atoms with van der Waals surface area (Å²) in [7, 11) is 0. The van der Waals surface area contributed by atoms with Crippen molar-refractivity contribution in [1.29, 1.82) is 0 Å². The number of nitrogens with one attached hydrogen (secondary N) is 1. The maximum Gasteiger partial charge on any atom is 0.433 e. The number of pyridine rings is 1. The molecule has 2 aromatic heterocycles. The lowest BCUT2D eigenvalue weighted by molar-refractivity contribution is -0.140. The predicted octanol–water partition coefficient (Wildman–Crippen LogP) is 5.72. The van der Waals surface area contributed by atoms with Crippen LogP contribution in [-0.4, -0.2) is 34.2 Å². The second kappa shape index (κ2) is 9.19. The molecule has 2 heterocycles. The van der Waals surface area contributed by atoms with Gasteiger partial charge in [-0.1, -0.05) is 23.5 Å². The Morgan fingerprint density at radius 2 is 2.00 bits per heavy atom. The Hall–Kier alpha value is -2.46. The van der Waals surface area contributed by atoms with Crippen LogP contribution < -0.4 is 9.62 Å². The number of rotatable bonds is 5. The molecule has 1 amide bonds. The normalized spacial score (nSPS) is 19.2. The lowest BCUT2D eigenvalue weighted by atomic mass is 9.90. The molecule has 0 radical (unpaired) electrons.